The lowest BCUT2D eigenvalue weighted by molar-refractivity contribution is -0.128. The molecule has 0 spiro atoms. The molecule has 0 aliphatic heterocycles. The van der Waals surface area contributed by atoms with Crippen LogP contribution in [0.4, 0.5) is 0 Å². The molecule has 0 unspecified atom stereocenters. The molecule has 2 aromatic rings. The highest BCUT2D eigenvalue weighted by Gasteiger charge is 2.20. The summed E-state index contributed by atoms with van der Waals surface area (Å²) in [4.78, 5) is 35.7. The van der Waals surface area contributed by atoms with Gasteiger partial charge in [0.05, 0.1) is 6.04 Å². The van der Waals surface area contributed by atoms with Crippen molar-refractivity contribution in [3.05, 3.63) is 64.7 Å². The highest BCUT2D eigenvalue weighted by atomic mass is 35.5. The molecule has 2 N–H and O–H groups in total. The number of benzene rings is 2. The number of carbonyl (C=O) groups excluding carboxylic acids is 3. The molecule has 0 saturated heterocycles. The molecular weight excluding hydrogens is 358 g/mol. The summed E-state index contributed by atoms with van der Waals surface area (Å²) >= 11 is 5.77. The van der Waals surface area contributed by atoms with Crippen LogP contribution >= 0.6 is 11.6 Å². The van der Waals surface area contributed by atoms with E-state index in [1.165, 1.54) is 25.1 Å². The fraction of sp³-hybridized carbons (Fsp3) is 0.211. The van der Waals surface area contributed by atoms with Crippen LogP contribution in [-0.2, 0) is 20.7 Å². The summed E-state index contributed by atoms with van der Waals surface area (Å²) in [5, 5.41) is 12.4. The number of ether oxygens (including phenoxy) is 1. The van der Waals surface area contributed by atoms with Crippen molar-refractivity contribution in [2.75, 3.05) is 6.61 Å². The first-order valence-corrected chi connectivity index (χ1v) is 8.24. The number of ketones is 1. The van der Waals surface area contributed by atoms with Gasteiger partial charge < -0.3 is 15.2 Å². The van der Waals surface area contributed by atoms with Gasteiger partial charge in [-0.05, 0) is 37.1 Å². The highest BCUT2D eigenvalue weighted by Crippen LogP contribution is 2.22. The van der Waals surface area contributed by atoms with Crippen LogP contribution in [0.2, 0.25) is 5.02 Å². The van der Waals surface area contributed by atoms with Crippen LogP contribution in [0.3, 0.4) is 0 Å². The maximum atomic E-state index is 12.0. The zero-order chi connectivity index (χ0) is 19.1. The van der Waals surface area contributed by atoms with Crippen molar-refractivity contribution in [2.24, 2.45) is 0 Å². The van der Waals surface area contributed by atoms with E-state index in [1.807, 2.05) is 30.3 Å². The zero-order valence-corrected chi connectivity index (χ0v) is 14.8. The third-order valence-electron chi connectivity index (χ3n) is 3.62. The molecule has 0 fully saturated rings. The van der Waals surface area contributed by atoms with E-state index >= 15 is 0 Å². The molecule has 0 aromatic heterocycles. The Morgan fingerprint density at radius 2 is 1.85 bits per heavy atom. The molecule has 0 bridgehead atoms. The van der Waals surface area contributed by atoms with Crippen LogP contribution < -0.4 is 5.32 Å². The summed E-state index contributed by atoms with van der Waals surface area (Å²) in [6.07, 6.45) is 0.338. The molecule has 136 valence electrons. The molecule has 2 aromatic carbocycles. The summed E-state index contributed by atoms with van der Waals surface area (Å²) in [6.45, 7) is 0.799. The van der Waals surface area contributed by atoms with Crippen LogP contribution in [0.5, 0.6) is 5.75 Å². The van der Waals surface area contributed by atoms with E-state index in [0.29, 0.717) is 6.42 Å². The van der Waals surface area contributed by atoms with Gasteiger partial charge in [-0.25, -0.2) is 4.79 Å². The lowest BCUT2D eigenvalue weighted by Gasteiger charge is -2.16. The van der Waals surface area contributed by atoms with Crippen LogP contribution in [0.25, 0.3) is 0 Å². The normalized spacial score (nSPS) is 11.5. The van der Waals surface area contributed by atoms with Gasteiger partial charge in [-0.1, -0.05) is 41.9 Å². The number of phenolic OH excluding ortho intramolecular Hbond substituents is 1. The number of phenols is 1. The number of hydrogen-bond donors (Lipinski definition) is 2. The van der Waals surface area contributed by atoms with Gasteiger partial charge >= 0.3 is 5.97 Å². The Labute approximate surface area is 155 Å². The maximum Gasteiger partial charge on any atom is 0.342 e. The number of esters is 1. The molecule has 26 heavy (non-hydrogen) atoms. The fourth-order valence-corrected chi connectivity index (χ4v) is 2.43. The van der Waals surface area contributed by atoms with Gasteiger partial charge in [-0.15, -0.1) is 0 Å². The number of amides is 1. The fourth-order valence-electron chi connectivity index (χ4n) is 2.26. The number of carbonyl (C=O) groups is 3. The number of rotatable bonds is 7. The minimum Gasteiger partial charge on any atom is -0.507 e. The highest BCUT2D eigenvalue weighted by molar-refractivity contribution is 6.31. The molecule has 6 nitrogen and oxygen atoms in total. The number of Topliss-reactive ketones (excluding diaryl/α,β-unsaturated/α-hetero) is 1. The van der Waals surface area contributed by atoms with Crippen LogP contribution in [0.15, 0.2) is 48.5 Å². The Morgan fingerprint density at radius 1 is 1.15 bits per heavy atom. The second-order valence-corrected chi connectivity index (χ2v) is 6.09. The second-order valence-electron chi connectivity index (χ2n) is 5.66. The minimum atomic E-state index is -0.886. The molecule has 0 heterocycles. The first-order valence-electron chi connectivity index (χ1n) is 7.86. The Bertz CT molecular complexity index is 807. The molecule has 2 rings (SSSR count). The third-order valence-corrected chi connectivity index (χ3v) is 3.86. The van der Waals surface area contributed by atoms with Crippen LogP contribution in [-0.4, -0.2) is 35.4 Å². The van der Waals surface area contributed by atoms with Crippen molar-refractivity contribution in [2.45, 2.75) is 19.4 Å². The standard InChI is InChI=1S/C19H18ClNO5/c1-12(22)16(9-13-5-3-2-4-6-13)21-18(24)11-26-19(25)15-10-14(20)7-8-17(15)23/h2-8,10,16,23H,9,11H2,1H3,(H,21,24)/t16-/m0/s1. The third kappa shape index (κ3) is 5.60. The van der Waals surface area contributed by atoms with Crippen molar-refractivity contribution in [3.8, 4) is 5.75 Å². The molecule has 0 saturated carbocycles. The zero-order valence-electron chi connectivity index (χ0n) is 14.1. The average Bonchev–Trinajstić information content (AvgIpc) is 2.62. The topological polar surface area (TPSA) is 92.7 Å². The van der Waals surface area contributed by atoms with Crippen molar-refractivity contribution < 1.29 is 24.2 Å². The van der Waals surface area contributed by atoms with Crippen LogP contribution in [0.1, 0.15) is 22.8 Å². The van der Waals surface area contributed by atoms with E-state index in [2.05, 4.69) is 5.32 Å². The van der Waals surface area contributed by atoms with Gasteiger partial charge in [0.1, 0.15) is 11.3 Å². The van der Waals surface area contributed by atoms with Crippen molar-refractivity contribution >= 4 is 29.3 Å². The molecule has 1 atom stereocenters. The van der Waals surface area contributed by atoms with Gasteiger partial charge in [-0.3, -0.25) is 9.59 Å². The van der Waals surface area contributed by atoms with Crippen molar-refractivity contribution in [1.29, 1.82) is 0 Å². The summed E-state index contributed by atoms with van der Waals surface area (Å²) < 4.78 is 4.88. The average molecular weight is 376 g/mol. The van der Waals surface area contributed by atoms with Crippen molar-refractivity contribution in [3.63, 3.8) is 0 Å². The summed E-state index contributed by atoms with van der Waals surface area (Å²) in [5.41, 5.74) is 0.756. The smallest absolute Gasteiger partial charge is 0.342 e. The van der Waals surface area contributed by atoms with Gasteiger partial charge in [0.2, 0.25) is 0 Å². The largest absolute Gasteiger partial charge is 0.507 e. The number of aromatic hydroxyl groups is 1. The monoisotopic (exact) mass is 375 g/mol. The Balaban J connectivity index is 1.92. The van der Waals surface area contributed by atoms with E-state index in [1.54, 1.807) is 0 Å². The van der Waals surface area contributed by atoms with E-state index in [-0.39, 0.29) is 22.1 Å². The van der Waals surface area contributed by atoms with E-state index < -0.39 is 24.5 Å². The lowest BCUT2D eigenvalue weighted by atomic mass is 10.0. The molecule has 7 heteroatoms. The number of halogens is 1. The van der Waals surface area contributed by atoms with E-state index in [0.717, 1.165) is 5.56 Å². The van der Waals surface area contributed by atoms with Crippen LogP contribution in [0, 0.1) is 0 Å². The van der Waals surface area contributed by atoms with Gasteiger partial charge in [-0.2, -0.15) is 0 Å². The number of nitrogens with one attached hydrogen (secondary N) is 1. The molecule has 0 aliphatic carbocycles. The van der Waals surface area contributed by atoms with Gasteiger partial charge in [0.25, 0.3) is 5.91 Å². The van der Waals surface area contributed by atoms with E-state index in [4.69, 9.17) is 16.3 Å². The Morgan fingerprint density at radius 3 is 2.50 bits per heavy atom. The predicted octanol–water partition coefficient (Wildman–Crippen LogP) is 2.52. The van der Waals surface area contributed by atoms with Crippen molar-refractivity contribution in [1.82, 2.24) is 5.32 Å². The summed E-state index contributed by atoms with van der Waals surface area (Å²) in [7, 11) is 0. The first-order chi connectivity index (χ1) is 12.4. The predicted molar refractivity (Wildman–Crippen MR) is 96.2 cm³/mol. The quantitative estimate of drug-likeness (QED) is 0.725. The number of hydrogen-bond acceptors (Lipinski definition) is 5. The first kappa shape index (κ1) is 19.5. The SMILES string of the molecule is CC(=O)[C@H](Cc1ccccc1)NC(=O)COC(=O)c1cc(Cl)ccc1O. The summed E-state index contributed by atoms with van der Waals surface area (Å²) in [6, 6.07) is 12.4. The Hall–Kier alpha value is -2.86. The molecular formula is C19H18ClNO5. The lowest BCUT2D eigenvalue weighted by Crippen LogP contribution is -2.43. The van der Waals surface area contributed by atoms with Gasteiger partial charge in [0.15, 0.2) is 12.4 Å². The minimum absolute atomic E-state index is 0.141. The van der Waals surface area contributed by atoms with Gasteiger partial charge in [0, 0.05) is 5.02 Å². The Kier molecular flexibility index (Phi) is 6.74. The summed E-state index contributed by atoms with van der Waals surface area (Å²) in [5.74, 6) is -2.01. The molecule has 1 amide bonds. The molecule has 0 aliphatic rings. The second kappa shape index (κ2) is 9.01. The molecule has 0 radical (unpaired) electrons. The maximum absolute atomic E-state index is 12.0. The van der Waals surface area contributed by atoms with E-state index in [9.17, 15) is 19.5 Å².